The maximum atomic E-state index is 14.1. The molecule has 5 aliphatic rings. The zero-order valence-corrected chi connectivity index (χ0v) is 24.1. The van der Waals surface area contributed by atoms with Gasteiger partial charge in [-0.2, -0.15) is 0 Å². The molecule has 6 rings (SSSR count). The van der Waals surface area contributed by atoms with Gasteiger partial charge in [-0.25, -0.2) is 9.59 Å². The van der Waals surface area contributed by atoms with Gasteiger partial charge in [-0.1, -0.05) is 30.7 Å². The van der Waals surface area contributed by atoms with Crippen LogP contribution in [0.15, 0.2) is 41.5 Å². The summed E-state index contributed by atoms with van der Waals surface area (Å²) >= 11 is 0. The minimum atomic E-state index is -2.27. The molecule has 0 spiro atoms. The van der Waals surface area contributed by atoms with E-state index in [-0.39, 0.29) is 13.0 Å². The lowest BCUT2D eigenvalue weighted by molar-refractivity contribution is -0.380. The first-order chi connectivity index (χ1) is 19.2. The van der Waals surface area contributed by atoms with Crippen molar-refractivity contribution in [3.8, 4) is 0 Å². The van der Waals surface area contributed by atoms with Gasteiger partial charge in [-0.05, 0) is 51.3 Å². The third-order valence-electron chi connectivity index (χ3n) is 10.6. The van der Waals surface area contributed by atoms with E-state index in [1.807, 2.05) is 6.92 Å². The number of cyclic esters (lactones) is 1. The molecule has 2 saturated carbocycles. The Balaban J connectivity index is 1.67. The molecule has 10 nitrogen and oxygen atoms in total. The van der Waals surface area contributed by atoms with Gasteiger partial charge in [0.25, 0.3) is 0 Å². The summed E-state index contributed by atoms with van der Waals surface area (Å²) in [4.78, 5) is 53.0. The standard InChI is InChI=1S/C31H36O10/c1-16-12-13-29-22(16)31(36,26(35)41-27(29,4)5)28(6)20(38-17(2)32)14-21-30(15-37-21,40-18(3)33)23(28)24(29)39-25(34)19-10-8-7-9-11-19/h7-11,20-21,23-24,36H,12-15H2,1-6H3/t20-,21+,23-,24-,28+,29-,30-,31-/m0/s1. The second-order valence-electron chi connectivity index (χ2n) is 12.9. The van der Waals surface area contributed by atoms with E-state index in [1.165, 1.54) is 13.8 Å². The van der Waals surface area contributed by atoms with Crippen LogP contribution in [0.25, 0.3) is 0 Å². The number of allylic oxidation sites excluding steroid dienone is 1. The molecule has 0 unspecified atom stereocenters. The molecule has 220 valence electrons. The third kappa shape index (κ3) is 3.26. The molecule has 0 radical (unpaired) electrons. The van der Waals surface area contributed by atoms with Crippen molar-refractivity contribution in [2.75, 3.05) is 6.61 Å². The summed E-state index contributed by atoms with van der Waals surface area (Å²) < 4.78 is 30.5. The quantitative estimate of drug-likeness (QED) is 0.328. The number of benzene rings is 1. The Morgan fingerprint density at radius 1 is 1.02 bits per heavy atom. The summed E-state index contributed by atoms with van der Waals surface area (Å²) in [5.41, 5.74) is -6.12. The van der Waals surface area contributed by atoms with Gasteiger partial charge in [0.2, 0.25) is 0 Å². The maximum Gasteiger partial charge on any atom is 0.343 e. The molecule has 1 aromatic carbocycles. The molecule has 2 aliphatic heterocycles. The lowest BCUT2D eigenvalue weighted by atomic mass is 9.37. The van der Waals surface area contributed by atoms with E-state index in [1.54, 1.807) is 51.1 Å². The molecular formula is C31H36O10. The molecule has 4 fully saturated rings. The summed E-state index contributed by atoms with van der Waals surface area (Å²) in [6.07, 6.45) is -1.86. The molecule has 10 heteroatoms. The van der Waals surface area contributed by atoms with E-state index in [2.05, 4.69) is 0 Å². The smallest absolute Gasteiger partial charge is 0.343 e. The fraction of sp³-hybridized carbons (Fsp3) is 0.613. The van der Waals surface area contributed by atoms with Crippen LogP contribution in [0.2, 0.25) is 0 Å². The first-order valence-corrected chi connectivity index (χ1v) is 14.1. The van der Waals surface area contributed by atoms with E-state index < -0.39 is 75.7 Å². The Morgan fingerprint density at radius 2 is 1.71 bits per heavy atom. The van der Waals surface area contributed by atoms with Crippen LogP contribution in [0.1, 0.15) is 71.2 Å². The van der Waals surface area contributed by atoms with Crippen LogP contribution >= 0.6 is 0 Å². The highest BCUT2D eigenvalue weighted by Gasteiger charge is 2.87. The van der Waals surface area contributed by atoms with Crippen LogP contribution in [-0.4, -0.2) is 70.7 Å². The fourth-order valence-corrected chi connectivity index (χ4v) is 8.97. The largest absolute Gasteiger partial charge is 0.462 e. The zero-order valence-electron chi connectivity index (χ0n) is 24.1. The van der Waals surface area contributed by atoms with Crippen LogP contribution in [-0.2, 0) is 38.1 Å². The van der Waals surface area contributed by atoms with Crippen molar-refractivity contribution in [1.29, 1.82) is 0 Å². The number of esters is 4. The van der Waals surface area contributed by atoms with Crippen LogP contribution in [0.3, 0.4) is 0 Å². The molecule has 2 heterocycles. The minimum Gasteiger partial charge on any atom is -0.462 e. The van der Waals surface area contributed by atoms with E-state index in [0.29, 0.717) is 24.0 Å². The number of rotatable bonds is 4. The highest BCUT2D eigenvalue weighted by molar-refractivity contribution is 5.91. The molecule has 8 atom stereocenters. The Morgan fingerprint density at radius 3 is 2.29 bits per heavy atom. The number of ether oxygens (including phenoxy) is 5. The van der Waals surface area contributed by atoms with Gasteiger partial charge in [0.15, 0.2) is 11.2 Å². The summed E-state index contributed by atoms with van der Waals surface area (Å²) in [6.45, 7) is 9.52. The molecule has 41 heavy (non-hydrogen) atoms. The molecule has 0 amide bonds. The highest BCUT2D eigenvalue weighted by atomic mass is 16.6. The van der Waals surface area contributed by atoms with Gasteiger partial charge in [0.1, 0.15) is 23.9 Å². The number of hydrogen-bond donors (Lipinski definition) is 1. The van der Waals surface area contributed by atoms with Crippen molar-refractivity contribution in [3.05, 3.63) is 47.0 Å². The van der Waals surface area contributed by atoms with Gasteiger partial charge in [-0.15, -0.1) is 0 Å². The van der Waals surface area contributed by atoms with E-state index in [0.717, 1.165) is 5.57 Å². The lowest BCUT2D eigenvalue weighted by Crippen LogP contribution is -2.87. The first-order valence-electron chi connectivity index (χ1n) is 14.1. The van der Waals surface area contributed by atoms with Crippen LogP contribution in [0.5, 0.6) is 0 Å². The summed E-state index contributed by atoms with van der Waals surface area (Å²) in [7, 11) is 0. The van der Waals surface area contributed by atoms with E-state index >= 15 is 0 Å². The van der Waals surface area contributed by atoms with Crippen molar-refractivity contribution in [3.63, 3.8) is 0 Å². The second-order valence-corrected chi connectivity index (χ2v) is 12.9. The topological polar surface area (TPSA) is 135 Å². The molecule has 1 N–H and O–H groups in total. The average molecular weight is 569 g/mol. The number of fused-ring (bicyclic) bond motifs is 4. The maximum absolute atomic E-state index is 14.1. The fourth-order valence-electron chi connectivity index (χ4n) is 8.97. The third-order valence-corrected chi connectivity index (χ3v) is 10.6. The average Bonchev–Trinajstić information content (AvgIpc) is 3.26. The van der Waals surface area contributed by atoms with E-state index in [4.69, 9.17) is 23.7 Å². The van der Waals surface area contributed by atoms with Crippen molar-refractivity contribution in [1.82, 2.24) is 0 Å². The monoisotopic (exact) mass is 568 g/mol. The van der Waals surface area contributed by atoms with Gasteiger partial charge in [-0.3, -0.25) is 9.59 Å². The Hall–Kier alpha value is -3.24. The molecule has 0 aromatic heterocycles. The van der Waals surface area contributed by atoms with Crippen LogP contribution in [0, 0.1) is 16.7 Å². The highest BCUT2D eigenvalue weighted by Crippen LogP contribution is 2.75. The molecule has 2 bridgehead atoms. The Bertz CT molecular complexity index is 1380. The molecular weight excluding hydrogens is 532 g/mol. The predicted octanol–water partition coefficient (Wildman–Crippen LogP) is 3.05. The lowest BCUT2D eigenvalue weighted by Gasteiger charge is -2.74. The van der Waals surface area contributed by atoms with Crippen LogP contribution < -0.4 is 0 Å². The Labute approximate surface area is 238 Å². The minimum absolute atomic E-state index is 0.0383. The summed E-state index contributed by atoms with van der Waals surface area (Å²) in [5, 5.41) is 12.9. The van der Waals surface area contributed by atoms with Gasteiger partial charge >= 0.3 is 23.9 Å². The molecule has 1 aromatic rings. The summed E-state index contributed by atoms with van der Waals surface area (Å²) in [6, 6.07) is 8.52. The van der Waals surface area contributed by atoms with E-state index in [9.17, 15) is 24.3 Å². The number of carbonyl (C=O) groups is 4. The molecule has 2 saturated heterocycles. The number of aliphatic hydroxyl groups is 1. The first kappa shape index (κ1) is 27.9. The molecule has 3 aliphatic carbocycles. The van der Waals surface area contributed by atoms with Gasteiger partial charge in [0.05, 0.1) is 28.9 Å². The summed E-state index contributed by atoms with van der Waals surface area (Å²) in [5.74, 6) is -3.69. The van der Waals surface area contributed by atoms with Crippen molar-refractivity contribution in [2.45, 2.75) is 95.9 Å². The number of carbonyl (C=O) groups excluding carboxylic acids is 4. The van der Waals surface area contributed by atoms with Gasteiger partial charge < -0.3 is 28.8 Å². The van der Waals surface area contributed by atoms with Crippen LogP contribution in [0.4, 0.5) is 0 Å². The Kier molecular flexibility index (Phi) is 5.88. The normalized spacial score (nSPS) is 41.6. The second kappa shape index (κ2) is 8.64. The van der Waals surface area contributed by atoms with Crippen molar-refractivity contribution in [2.24, 2.45) is 16.7 Å². The van der Waals surface area contributed by atoms with Crippen molar-refractivity contribution >= 4 is 23.9 Å². The van der Waals surface area contributed by atoms with Crippen molar-refractivity contribution < 1.29 is 48.0 Å². The SMILES string of the molecule is CC(=O)O[C@H]1C[C@H]2OC[C@@]2(OC(C)=O)[C@H]2[C@H](OC(=O)c3ccccc3)[C@]34CCC(C)=C3[C@](O)(C(=O)OC4(C)C)[C@]12C. The number of hydrogen-bond acceptors (Lipinski definition) is 10. The predicted molar refractivity (Wildman–Crippen MR) is 141 cm³/mol. The zero-order chi connectivity index (χ0) is 29.8. The van der Waals surface area contributed by atoms with Gasteiger partial charge in [0, 0.05) is 20.3 Å².